The van der Waals surface area contributed by atoms with E-state index < -0.39 is 8.80 Å². The maximum atomic E-state index is 11.5. The number of carbonyl (C=O) groups is 1. The number of ketones is 1. The number of hydrogen-bond donors (Lipinski definition) is 0. The van der Waals surface area contributed by atoms with E-state index in [9.17, 15) is 4.79 Å². The zero-order valence-corrected chi connectivity index (χ0v) is 9.29. The number of hydrogen-bond acceptors (Lipinski definition) is 1. The van der Waals surface area contributed by atoms with E-state index in [4.69, 9.17) is 0 Å². The smallest absolute Gasteiger partial charge is 0.163 e. The third-order valence-electron chi connectivity index (χ3n) is 2.74. The summed E-state index contributed by atoms with van der Waals surface area (Å²) in [4.78, 5) is 11.5. The van der Waals surface area contributed by atoms with Crippen LogP contribution in [-0.2, 0) is 6.42 Å². The van der Waals surface area contributed by atoms with Crippen LogP contribution in [0.4, 0.5) is 0 Å². The molecule has 0 bridgehead atoms. The minimum Gasteiger partial charge on any atom is -0.294 e. The molecule has 0 fully saturated rings. The lowest BCUT2D eigenvalue weighted by atomic mass is 10.1. The second kappa shape index (κ2) is 3.11. The Morgan fingerprint density at radius 1 is 1.23 bits per heavy atom. The molecule has 13 heavy (non-hydrogen) atoms. The van der Waals surface area contributed by atoms with Crippen LogP contribution in [0, 0.1) is 0 Å². The number of rotatable bonds is 1. The Hall–Kier alpha value is -0.893. The van der Waals surface area contributed by atoms with E-state index in [1.54, 1.807) is 0 Å². The first-order valence-electron chi connectivity index (χ1n) is 4.85. The molecule has 1 aliphatic rings. The van der Waals surface area contributed by atoms with Crippen LogP contribution in [0.1, 0.15) is 22.3 Å². The van der Waals surface area contributed by atoms with Gasteiger partial charge in [-0.3, -0.25) is 4.79 Å². The van der Waals surface area contributed by atoms with E-state index in [-0.39, 0.29) is 0 Å². The average molecular weight is 190 g/mol. The second-order valence-electron chi connectivity index (χ2n) is 3.95. The van der Waals surface area contributed by atoms with Gasteiger partial charge in [0, 0.05) is 12.0 Å². The first-order valence-corrected chi connectivity index (χ1v) is 7.74. The molecule has 1 aromatic rings. The molecule has 2 heteroatoms. The first-order chi connectivity index (χ1) is 6.20. The fraction of sp³-hybridized carbons (Fsp3) is 0.364. The molecule has 0 saturated carbocycles. The minimum atomic E-state index is -0.753. The van der Waals surface area contributed by atoms with Gasteiger partial charge in [0.15, 0.2) is 5.78 Å². The summed E-state index contributed by atoms with van der Waals surface area (Å²) in [7, 11) is -0.753. The second-order valence-corrected chi connectivity index (χ2v) is 6.88. The van der Waals surface area contributed by atoms with Crippen molar-refractivity contribution in [3.8, 4) is 0 Å². The Kier molecular flexibility index (Phi) is 2.08. The number of benzene rings is 1. The lowest BCUT2D eigenvalue weighted by Gasteiger charge is -2.09. The van der Waals surface area contributed by atoms with E-state index in [0.29, 0.717) is 5.78 Å². The summed E-state index contributed by atoms with van der Waals surface area (Å²) in [6.45, 7) is 4.64. The Bertz CT molecular complexity index is 355. The van der Waals surface area contributed by atoms with Gasteiger partial charge in [-0.25, -0.2) is 0 Å². The van der Waals surface area contributed by atoms with E-state index in [1.807, 2.05) is 12.1 Å². The summed E-state index contributed by atoms with van der Waals surface area (Å²) < 4.78 is 0. The van der Waals surface area contributed by atoms with E-state index >= 15 is 0 Å². The minimum absolute atomic E-state index is 0.339. The molecule has 0 heterocycles. The van der Waals surface area contributed by atoms with Crippen molar-refractivity contribution in [1.82, 2.24) is 0 Å². The molecule has 0 unspecified atom stereocenters. The molecule has 0 aliphatic heterocycles. The van der Waals surface area contributed by atoms with Gasteiger partial charge in [0.1, 0.15) is 0 Å². The number of fused-ring (bicyclic) bond motifs is 1. The molecule has 1 nitrogen and oxygen atoms in total. The van der Waals surface area contributed by atoms with Crippen molar-refractivity contribution in [3.63, 3.8) is 0 Å². The van der Waals surface area contributed by atoms with Crippen LogP contribution in [-0.4, -0.2) is 14.6 Å². The SMILES string of the molecule is C[SiH](C)c1cccc2c1CCC2=O. The number of carbonyl (C=O) groups excluding carboxylic acids is 1. The number of Topliss-reactive ketones (excluding diaryl/α,β-unsaturated/α-hetero) is 1. The molecule has 0 amide bonds. The first kappa shape index (κ1) is 8.69. The van der Waals surface area contributed by atoms with Gasteiger partial charge >= 0.3 is 0 Å². The molecular formula is C11H14OSi. The van der Waals surface area contributed by atoms with Crippen LogP contribution >= 0.6 is 0 Å². The summed E-state index contributed by atoms with van der Waals surface area (Å²) in [5.74, 6) is 0.339. The Labute approximate surface area is 80.4 Å². The quantitative estimate of drug-likeness (QED) is 0.614. The molecule has 68 valence electrons. The van der Waals surface area contributed by atoms with Gasteiger partial charge in [-0.15, -0.1) is 0 Å². The molecule has 0 aromatic heterocycles. The molecule has 0 N–H and O–H groups in total. The summed E-state index contributed by atoms with van der Waals surface area (Å²) in [6, 6.07) is 6.21. The van der Waals surface area contributed by atoms with Crippen molar-refractivity contribution in [2.45, 2.75) is 25.9 Å². The van der Waals surface area contributed by atoms with Crippen molar-refractivity contribution in [3.05, 3.63) is 29.3 Å². The van der Waals surface area contributed by atoms with Gasteiger partial charge < -0.3 is 0 Å². The Balaban J connectivity index is 2.57. The zero-order valence-electron chi connectivity index (χ0n) is 8.13. The molecule has 2 rings (SSSR count). The predicted octanol–water partition coefficient (Wildman–Crippen LogP) is 1.51. The molecular weight excluding hydrogens is 176 g/mol. The Morgan fingerprint density at radius 2 is 2.00 bits per heavy atom. The summed E-state index contributed by atoms with van der Waals surface area (Å²) >= 11 is 0. The van der Waals surface area contributed by atoms with Crippen molar-refractivity contribution in [2.75, 3.05) is 0 Å². The normalized spacial score (nSPS) is 15.2. The average Bonchev–Trinajstić information content (AvgIpc) is 2.48. The fourth-order valence-electron chi connectivity index (χ4n) is 2.06. The van der Waals surface area contributed by atoms with Gasteiger partial charge in [0.05, 0.1) is 8.80 Å². The van der Waals surface area contributed by atoms with Crippen LogP contribution in [0.2, 0.25) is 13.1 Å². The van der Waals surface area contributed by atoms with E-state index in [2.05, 4.69) is 19.2 Å². The maximum Gasteiger partial charge on any atom is 0.163 e. The van der Waals surface area contributed by atoms with Crippen molar-refractivity contribution < 1.29 is 4.79 Å². The van der Waals surface area contributed by atoms with Gasteiger partial charge in [-0.2, -0.15) is 0 Å². The van der Waals surface area contributed by atoms with Crippen molar-refractivity contribution in [1.29, 1.82) is 0 Å². The maximum absolute atomic E-state index is 11.5. The molecule has 0 spiro atoms. The lowest BCUT2D eigenvalue weighted by Crippen LogP contribution is -2.26. The van der Waals surface area contributed by atoms with Crippen LogP contribution in [0.15, 0.2) is 18.2 Å². The predicted molar refractivity (Wildman–Crippen MR) is 57.6 cm³/mol. The van der Waals surface area contributed by atoms with Gasteiger partial charge in [-0.1, -0.05) is 36.5 Å². The van der Waals surface area contributed by atoms with E-state index in [0.717, 1.165) is 18.4 Å². The Morgan fingerprint density at radius 3 is 2.69 bits per heavy atom. The zero-order chi connectivity index (χ0) is 9.42. The molecule has 1 aromatic carbocycles. The van der Waals surface area contributed by atoms with Crippen molar-refractivity contribution >= 4 is 19.8 Å². The van der Waals surface area contributed by atoms with Crippen LogP contribution in [0.25, 0.3) is 0 Å². The monoisotopic (exact) mass is 190 g/mol. The van der Waals surface area contributed by atoms with Gasteiger partial charge in [0.2, 0.25) is 0 Å². The highest BCUT2D eigenvalue weighted by Crippen LogP contribution is 2.20. The van der Waals surface area contributed by atoms with Crippen LogP contribution < -0.4 is 5.19 Å². The largest absolute Gasteiger partial charge is 0.294 e. The van der Waals surface area contributed by atoms with E-state index in [1.165, 1.54) is 10.8 Å². The highest BCUT2D eigenvalue weighted by molar-refractivity contribution is 6.71. The van der Waals surface area contributed by atoms with Gasteiger partial charge in [-0.05, 0) is 12.0 Å². The lowest BCUT2D eigenvalue weighted by molar-refractivity contribution is 0.0994. The van der Waals surface area contributed by atoms with Crippen LogP contribution in [0.5, 0.6) is 0 Å². The third kappa shape index (κ3) is 1.35. The topological polar surface area (TPSA) is 17.1 Å². The molecule has 0 saturated heterocycles. The molecule has 1 aliphatic carbocycles. The van der Waals surface area contributed by atoms with Crippen LogP contribution in [0.3, 0.4) is 0 Å². The summed E-state index contributed by atoms with van der Waals surface area (Å²) in [5.41, 5.74) is 2.35. The standard InChI is InChI=1S/C11H14OSi/c1-13(2)11-5-3-4-8-9(11)6-7-10(8)12/h3-5,13H,6-7H2,1-2H3. The molecule has 0 radical (unpaired) electrons. The molecule has 0 atom stereocenters. The van der Waals surface area contributed by atoms with Crippen molar-refractivity contribution in [2.24, 2.45) is 0 Å². The van der Waals surface area contributed by atoms with Gasteiger partial charge in [0.25, 0.3) is 0 Å². The summed E-state index contributed by atoms with van der Waals surface area (Å²) in [5, 5.41) is 1.49. The highest BCUT2D eigenvalue weighted by atomic mass is 28.3. The third-order valence-corrected chi connectivity index (χ3v) is 4.52. The highest BCUT2D eigenvalue weighted by Gasteiger charge is 2.22. The fourth-order valence-corrected chi connectivity index (χ4v) is 3.55. The summed E-state index contributed by atoms with van der Waals surface area (Å²) in [6.07, 6.45) is 1.71.